The Kier molecular flexibility index (Phi) is 22.2. The zero-order valence-electron chi connectivity index (χ0n) is 21.7. The van der Waals surface area contributed by atoms with Crippen LogP contribution in [0.4, 0.5) is 0 Å². The van der Waals surface area contributed by atoms with E-state index in [1.807, 2.05) is 14.2 Å². The maximum atomic E-state index is 5.19. The second-order valence-corrected chi connectivity index (χ2v) is 8.14. The molecule has 0 radical (unpaired) electrons. The topological polar surface area (TPSA) is 70.5 Å². The van der Waals surface area contributed by atoms with Gasteiger partial charge in [-0.3, -0.25) is 0 Å². The van der Waals surface area contributed by atoms with E-state index in [-0.39, 0.29) is 0 Å². The molecule has 4 nitrogen and oxygen atoms in total. The summed E-state index contributed by atoms with van der Waals surface area (Å²) in [5, 5.41) is 0. The van der Waals surface area contributed by atoms with Gasteiger partial charge >= 0.3 is 0 Å². The Labute approximate surface area is 204 Å². The van der Waals surface area contributed by atoms with Crippen molar-refractivity contribution in [1.82, 2.24) is 0 Å². The summed E-state index contributed by atoms with van der Waals surface area (Å²) in [5.41, 5.74) is 11.7. The van der Waals surface area contributed by atoms with Crippen LogP contribution in [0.25, 0.3) is 0 Å². The molecule has 0 bridgehead atoms. The minimum Gasteiger partial charge on any atom is -0.381 e. The van der Waals surface area contributed by atoms with Crippen molar-refractivity contribution >= 4 is 0 Å². The van der Waals surface area contributed by atoms with E-state index in [0.717, 1.165) is 6.42 Å². The number of hydrogen-bond donors (Lipinski definition) is 2. The van der Waals surface area contributed by atoms with Gasteiger partial charge in [0.15, 0.2) is 0 Å². The highest BCUT2D eigenvalue weighted by atomic mass is 16.5. The van der Waals surface area contributed by atoms with Gasteiger partial charge in [-0.25, -0.2) is 0 Å². The van der Waals surface area contributed by atoms with Gasteiger partial charge in [0, 0.05) is 14.2 Å². The van der Waals surface area contributed by atoms with Gasteiger partial charge in [0.25, 0.3) is 0 Å². The van der Waals surface area contributed by atoms with Crippen LogP contribution < -0.4 is 11.5 Å². The van der Waals surface area contributed by atoms with Crippen LogP contribution in [-0.2, 0) is 15.9 Å². The Bertz CT molecular complexity index is 555. The Balaban J connectivity index is 0.000000449. The summed E-state index contributed by atoms with van der Waals surface area (Å²) >= 11 is 0. The van der Waals surface area contributed by atoms with Gasteiger partial charge < -0.3 is 20.9 Å². The van der Waals surface area contributed by atoms with E-state index < -0.39 is 0 Å². The largest absolute Gasteiger partial charge is 0.381 e. The van der Waals surface area contributed by atoms with Crippen LogP contribution in [0.3, 0.4) is 0 Å². The van der Waals surface area contributed by atoms with E-state index in [1.165, 1.54) is 89.4 Å². The standard InChI is InChI=1S/C13H12.2C7H14O.2CH5N/c1-3-7-12(8-4-1)11-13-9-5-2-6-10-13;2*1-8-7-5-3-2-4-6-7;2*1-2/h1-10H,11H2;2*7H,2-6H2,1H3;2*2H2,1H3. The molecule has 0 unspecified atom stereocenters. The molecule has 4 heteroatoms. The number of nitrogens with two attached hydrogens (primary N) is 2. The molecule has 0 heterocycles. The number of rotatable bonds is 4. The highest BCUT2D eigenvalue weighted by molar-refractivity contribution is 5.25. The minimum atomic E-state index is 0.587. The summed E-state index contributed by atoms with van der Waals surface area (Å²) < 4.78 is 10.4. The predicted octanol–water partition coefficient (Wildman–Crippen LogP) is 6.36. The summed E-state index contributed by atoms with van der Waals surface area (Å²) in [5.74, 6) is 0. The lowest BCUT2D eigenvalue weighted by Crippen LogP contribution is -2.13. The molecule has 0 spiro atoms. The quantitative estimate of drug-likeness (QED) is 0.559. The van der Waals surface area contributed by atoms with Crippen LogP contribution in [0.5, 0.6) is 0 Å². The van der Waals surface area contributed by atoms with Crippen LogP contribution in [-0.4, -0.2) is 40.5 Å². The molecular formula is C29H50N2O2. The fourth-order valence-electron chi connectivity index (χ4n) is 4.03. The molecule has 2 fully saturated rings. The number of ether oxygens (including phenoxy) is 2. The van der Waals surface area contributed by atoms with Gasteiger partial charge in [0.1, 0.15) is 0 Å². The number of hydrogen-bond acceptors (Lipinski definition) is 4. The van der Waals surface area contributed by atoms with E-state index in [1.54, 1.807) is 0 Å². The zero-order valence-corrected chi connectivity index (χ0v) is 21.7. The third kappa shape index (κ3) is 16.5. The van der Waals surface area contributed by atoms with Crippen LogP contribution in [0, 0.1) is 0 Å². The third-order valence-electron chi connectivity index (χ3n) is 5.86. The van der Waals surface area contributed by atoms with Crippen LogP contribution in [0.1, 0.15) is 75.3 Å². The average Bonchev–Trinajstić information content (AvgIpc) is 2.94. The third-order valence-corrected chi connectivity index (χ3v) is 5.86. The van der Waals surface area contributed by atoms with E-state index >= 15 is 0 Å². The average molecular weight is 459 g/mol. The lowest BCUT2D eigenvalue weighted by atomic mass is 9.98. The van der Waals surface area contributed by atoms with E-state index in [4.69, 9.17) is 9.47 Å². The van der Waals surface area contributed by atoms with Gasteiger partial charge in [-0.05, 0) is 57.3 Å². The molecule has 0 aromatic heterocycles. The Hall–Kier alpha value is -1.72. The van der Waals surface area contributed by atoms with Gasteiger partial charge in [-0.2, -0.15) is 0 Å². The van der Waals surface area contributed by atoms with Gasteiger partial charge in [0.05, 0.1) is 12.2 Å². The maximum Gasteiger partial charge on any atom is 0.0571 e. The second-order valence-electron chi connectivity index (χ2n) is 8.14. The lowest BCUT2D eigenvalue weighted by molar-refractivity contribution is 0.0709. The van der Waals surface area contributed by atoms with Crippen molar-refractivity contribution in [2.24, 2.45) is 11.5 Å². The molecule has 2 aromatic carbocycles. The smallest absolute Gasteiger partial charge is 0.0571 e. The number of benzene rings is 2. The molecule has 2 aromatic rings. The Morgan fingerprint density at radius 2 is 0.848 bits per heavy atom. The zero-order chi connectivity index (χ0) is 24.6. The highest BCUT2D eigenvalue weighted by Gasteiger charge is 2.11. The van der Waals surface area contributed by atoms with E-state index in [0.29, 0.717) is 12.2 Å². The van der Waals surface area contributed by atoms with Crippen LogP contribution in [0.2, 0.25) is 0 Å². The van der Waals surface area contributed by atoms with Gasteiger partial charge in [0.2, 0.25) is 0 Å². The molecule has 0 amide bonds. The van der Waals surface area contributed by atoms with Gasteiger partial charge in [-0.1, -0.05) is 99.2 Å². The Morgan fingerprint density at radius 1 is 0.545 bits per heavy atom. The molecule has 0 atom stereocenters. The van der Waals surface area contributed by atoms with Crippen LogP contribution in [0.15, 0.2) is 60.7 Å². The van der Waals surface area contributed by atoms with Gasteiger partial charge in [-0.15, -0.1) is 0 Å². The predicted molar refractivity (Wildman–Crippen MR) is 144 cm³/mol. The minimum absolute atomic E-state index is 0.587. The highest BCUT2D eigenvalue weighted by Crippen LogP contribution is 2.19. The molecule has 0 aliphatic heterocycles. The van der Waals surface area contributed by atoms with E-state index in [2.05, 4.69) is 72.1 Å². The molecule has 0 saturated heterocycles. The first kappa shape index (κ1) is 31.3. The molecule has 2 aliphatic carbocycles. The molecule has 33 heavy (non-hydrogen) atoms. The fourth-order valence-corrected chi connectivity index (χ4v) is 4.03. The van der Waals surface area contributed by atoms with Crippen LogP contribution >= 0.6 is 0 Å². The molecule has 2 saturated carbocycles. The summed E-state index contributed by atoms with van der Waals surface area (Å²) in [6, 6.07) is 21.1. The van der Waals surface area contributed by atoms with Crippen molar-refractivity contribution in [3.63, 3.8) is 0 Å². The molecule has 4 N–H and O–H groups in total. The molecule has 2 aliphatic rings. The van der Waals surface area contributed by atoms with Crippen molar-refractivity contribution in [1.29, 1.82) is 0 Å². The number of methoxy groups -OCH3 is 2. The summed E-state index contributed by atoms with van der Waals surface area (Å²) in [4.78, 5) is 0. The monoisotopic (exact) mass is 458 g/mol. The van der Waals surface area contributed by atoms with Crippen molar-refractivity contribution in [2.45, 2.75) is 82.8 Å². The lowest BCUT2D eigenvalue weighted by Gasteiger charge is -2.19. The van der Waals surface area contributed by atoms with Crippen molar-refractivity contribution in [3.8, 4) is 0 Å². The SMILES string of the molecule is CN.CN.COC1CCCCC1.COC1CCCCC1.c1ccc(Cc2ccccc2)cc1. The van der Waals surface area contributed by atoms with Crippen molar-refractivity contribution in [3.05, 3.63) is 71.8 Å². The fraction of sp³-hybridized carbons (Fsp3) is 0.586. The molecule has 4 rings (SSSR count). The first-order valence-electron chi connectivity index (χ1n) is 12.6. The van der Waals surface area contributed by atoms with Crippen molar-refractivity contribution < 1.29 is 9.47 Å². The summed E-state index contributed by atoms with van der Waals surface area (Å²) in [6.07, 6.45) is 15.7. The summed E-state index contributed by atoms with van der Waals surface area (Å²) in [6.45, 7) is 0. The first-order chi connectivity index (χ1) is 16.3. The second kappa shape index (κ2) is 23.4. The normalized spacial score (nSPS) is 15.7. The molecule has 188 valence electrons. The summed E-state index contributed by atoms with van der Waals surface area (Å²) in [7, 11) is 6.63. The van der Waals surface area contributed by atoms with E-state index in [9.17, 15) is 0 Å². The van der Waals surface area contributed by atoms with Crippen molar-refractivity contribution in [2.75, 3.05) is 28.3 Å². The Morgan fingerprint density at radius 3 is 1.09 bits per heavy atom. The maximum absolute atomic E-state index is 5.19. The molecular weight excluding hydrogens is 408 g/mol. The first-order valence-corrected chi connectivity index (χ1v) is 12.6.